The fourth-order valence-electron chi connectivity index (χ4n) is 1.97. The van der Waals surface area contributed by atoms with Crippen LogP contribution in [0.4, 0.5) is 0 Å². The molecule has 0 aromatic carbocycles. The van der Waals surface area contributed by atoms with E-state index in [1.165, 1.54) is 10.4 Å². The number of hydrogen-bond donors (Lipinski definition) is 2. The van der Waals surface area contributed by atoms with Crippen LogP contribution >= 0.6 is 11.3 Å². The molecule has 1 saturated carbocycles. The quantitative estimate of drug-likeness (QED) is 0.835. The highest BCUT2D eigenvalue weighted by Crippen LogP contribution is 2.37. The molecule has 0 aliphatic heterocycles. The fraction of sp³-hybridized carbons (Fsp3) is 0.571. The number of rotatable bonds is 6. The van der Waals surface area contributed by atoms with Gasteiger partial charge in [0.25, 0.3) is 0 Å². The van der Waals surface area contributed by atoms with E-state index >= 15 is 0 Å². The third-order valence-electron chi connectivity index (χ3n) is 3.51. The van der Waals surface area contributed by atoms with E-state index in [0.29, 0.717) is 25.4 Å². The number of carbonyl (C=O) groups is 2. The molecule has 19 heavy (non-hydrogen) atoms. The largest absolute Gasteiger partial charge is 0.355 e. The highest BCUT2D eigenvalue weighted by Gasteiger charge is 2.38. The lowest BCUT2D eigenvalue weighted by Gasteiger charge is -2.06. The Hall–Kier alpha value is -1.36. The highest BCUT2D eigenvalue weighted by atomic mass is 32.1. The van der Waals surface area contributed by atoms with Crippen LogP contribution in [-0.4, -0.2) is 18.4 Å². The second-order valence-electron chi connectivity index (χ2n) is 5.16. The lowest BCUT2D eigenvalue weighted by molar-refractivity contribution is -0.123. The zero-order valence-electron chi connectivity index (χ0n) is 11.4. The SMILES string of the molecule is Cc1ccsc1CNC(=O)CCNC(=O)[C@H]1C[C@@H]1C. The highest BCUT2D eigenvalue weighted by molar-refractivity contribution is 7.10. The number of aryl methyl sites for hydroxylation is 1. The van der Waals surface area contributed by atoms with Crippen LogP contribution in [0.25, 0.3) is 0 Å². The van der Waals surface area contributed by atoms with Gasteiger partial charge in [-0.2, -0.15) is 0 Å². The van der Waals surface area contributed by atoms with Crippen molar-refractivity contribution in [2.24, 2.45) is 11.8 Å². The molecule has 1 aromatic rings. The van der Waals surface area contributed by atoms with Gasteiger partial charge in [0.15, 0.2) is 0 Å². The minimum Gasteiger partial charge on any atom is -0.355 e. The fourth-order valence-corrected chi connectivity index (χ4v) is 2.82. The summed E-state index contributed by atoms with van der Waals surface area (Å²) in [5.74, 6) is 0.763. The van der Waals surface area contributed by atoms with E-state index in [0.717, 1.165) is 6.42 Å². The zero-order chi connectivity index (χ0) is 13.8. The van der Waals surface area contributed by atoms with Crippen molar-refractivity contribution >= 4 is 23.2 Å². The molecular formula is C14H20N2O2S. The summed E-state index contributed by atoms with van der Waals surface area (Å²) in [7, 11) is 0. The Morgan fingerprint density at radius 3 is 2.74 bits per heavy atom. The van der Waals surface area contributed by atoms with Crippen molar-refractivity contribution in [3.8, 4) is 0 Å². The number of nitrogens with one attached hydrogen (secondary N) is 2. The number of amides is 2. The maximum atomic E-state index is 11.6. The van der Waals surface area contributed by atoms with Crippen molar-refractivity contribution in [1.82, 2.24) is 10.6 Å². The average molecular weight is 280 g/mol. The van der Waals surface area contributed by atoms with Gasteiger partial charge in [-0.25, -0.2) is 0 Å². The number of hydrogen-bond acceptors (Lipinski definition) is 3. The second kappa shape index (κ2) is 6.19. The van der Waals surface area contributed by atoms with Crippen LogP contribution < -0.4 is 10.6 Å². The Balaban J connectivity index is 1.60. The first-order valence-corrected chi connectivity index (χ1v) is 7.53. The predicted molar refractivity (Wildman–Crippen MR) is 75.8 cm³/mol. The molecule has 4 nitrogen and oxygen atoms in total. The smallest absolute Gasteiger partial charge is 0.223 e. The van der Waals surface area contributed by atoms with Gasteiger partial charge < -0.3 is 10.6 Å². The van der Waals surface area contributed by atoms with Crippen LogP contribution in [0, 0.1) is 18.8 Å². The third-order valence-corrected chi connectivity index (χ3v) is 4.53. The molecule has 0 spiro atoms. The maximum Gasteiger partial charge on any atom is 0.223 e. The Morgan fingerprint density at radius 1 is 1.42 bits per heavy atom. The summed E-state index contributed by atoms with van der Waals surface area (Å²) >= 11 is 1.65. The molecular weight excluding hydrogens is 260 g/mol. The molecule has 0 bridgehead atoms. The number of carbonyl (C=O) groups excluding carboxylic acids is 2. The van der Waals surface area contributed by atoms with Gasteiger partial charge in [0.05, 0.1) is 6.54 Å². The summed E-state index contributed by atoms with van der Waals surface area (Å²) in [5.41, 5.74) is 1.21. The van der Waals surface area contributed by atoms with Crippen LogP contribution in [0.3, 0.4) is 0 Å². The molecule has 2 rings (SSSR count). The summed E-state index contributed by atoms with van der Waals surface area (Å²) in [6.07, 6.45) is 1.33. The van der Waals surface area contributed by atoms with E-state index in [2.05, 4.69) is 17.6 Å². The summed E-state index contributed by atoms with van der Waals surface area (Å²) in [6.45, 7) is 5.11. The molecule has 1 heterocycles. The van der Waals surface area contributed by atoms with Gasteiger partial charge in [-0.1, -0.05) is 6.92 Å². The Morgan fingerprint density at radius 2 is 2.16 bits per heavy atom. The first kappa shape index (κ1) is 14.1. The minimum absolute atomic E-state index is 0.0167. The average Bonchev–Trinajstić information content (AvgIpc) is 2.96. The molecule has 5 heteroatoms. The van der Waals surface area contributed by atoms with Crippen molar-refractivity contribution < 1.29 is 9.59 Å². The van der Waals surface area contributed by atoms with E-state index in [9.17, 15) is 9.59 Å². The monoisotopic (exact) mass is 280 g/mol. The van der Waals surface area contributed by atoms with E-state index in [4.69, 9.17) is 0 Å². The molecule has 104 valence electrons. The van der Waals surface area contributed by atoms with Crippen molar-refractivity contribution in [2.45, 2.75) is 33.2 Å². The number of thiophene rings is 1. The van der Waals surface area contributed by atoms with E-state index < -0.39 is 0 Å². The van der Waals surface area contributed by atoms with Gasteiger partial charge in [-0.3, -0.25) is 9.59 Å². The summed E-state index contributed by atoms with van der Waals surface area (Å²) in [6, 6.07) is 2.04. The molecule has 0 radical (unpaired) electrons. The molecule has 1 aliphatic carbocycles. The van der Waals surface area contributed by atoms with Gasteiger partial charge in [0.1, 0.15) is 0 Å². The Labute approximate surface area is 117 Å². The molecule has 2 amide bonds. The van der Waals surface area contributed by atoms with Crippen molar-refractivity contribution in [1.29, 1.82) is 0 Å². The van der Waals surface area contributed by atoms with Crippen LogP contribution in [0.1, 0.15) is 30.2 Å². The van der Waals surface area contributed by atoms with Gasteiger partial charge in [0.2, 0.25) is 11.8 Å². The van der Waals surface area contributed by atoms with E-state index in [1.54, 1.807) is 11.3 Å². The third kappa shape index (κ3) is 4.06. The van der Waals surface area contributed by atoms with Gasteiger partial charge in [0, 0.05) is 23.8 Å². The summed E-state index contributed by atoms with van der Waals surface area (Å²) < 4.78 is 0. The molecule has 1 aliphatic rings. The van der Waals surface area contributed by atoms with Crippen LogP contribution in [-0.2, 0) is 16.1 Å². The van der Waals surface area contributed by atoms with E-state index in [-0.39, 0.29) is 17.7 Å². The summed E-state index contributed by atoms with van der Waals surface area (Å²) in [4.78, 5) is 24.4. The summed E-state index contributed by atoms with van der Waals surface area (Å²) in [5, 5.41) is 7.71. The molecule has 1 aromatic heterocycles. The van der Waals surface area contributed by atoms with Crippen LogP contribution in [0.2, 0.25) is 0 Å². The Kier molecular flexibility index (Phi) is 4.58. The Bertz CT molecular complexity index is 470. The second-order valence-corrected chi connectivity index (χ2v) is 6.16. The topological polar surface area (TPSA) is 58.2 Å². The normalized spacial score (nSPS) is 20.9. The lowest BCUT2D eigenvalue weighted by Crippen LogP contribution is -2.31. The minimum atomic E-state index is -0.0167. The molecule has 0 saturated heterocycles. The predicted octanol–water partition coefficient (Wildman–Crippen LogP) is 1.84. The first-order valence-electron chi connectivity index (χ1n) is 6.65. The molecule has 1 fully saturated rings. The van der Waals surface area contributed by atoms with Gasteiger partial charge >= 0.3 is 0 Å². The van der Waals surface area contributed by atoms with Gasteiger partial charge in [-0.15, -0.1) is 11.3 Å². The van der Waals surface area contributed by atoms with Crippen molar-refractivity contribution in [3.63, 3.8) is 0 Å². The molecule has 2 N–H and O–H groups in total. The standard InChI is InChI=1S/C14H20N2O2S/c1-9-4-6-19-12(9)8-16-13(17)3-5-15-14(18)11-7-10(11)2/h4,6,10-11H,3,5,7-8H2,1-2H3,(H,15,18)(H,16,17)/t10-,11-/m0/s1. The zero-order valence-corrected chi connectivity index (χ0v) is 12.2. The van der Waals surface area contributed by atoms with Crippen LogP contribution in [0.15, 0.2) is 11.4 Å². The van der Waals surface area contributed by atoms with Gasteiger partial charge in [-0.05, 0) is 36.3 Å². The van der Waals surface area contributed by atoms with E-state index in [1.807, 2.05) is 18.4 Å². The lowest BCUT2D eigenvalue weighted by atomic mass is 10.3. The molecule has 0 unspecified atom stereocenters. The van der Waals surface area contributed by atoms with Crippen molar-refractivity contribution in [3.05, 3.63) is 21.9 Å². The first-order chi connectivity index (χ1) is 9.08. The maximum absolute atomic E-state index is 11.6. The van der Waals surface area contributed by atoms with Crippen molar-refractivity contribution in [2.75, 3.05) is 6.54 Å². The molecule has 2 atom stereocenters. The van der Waals surface area contributed by atoms with Crippen LogP contribution in [0.5, 0.6) is 0 Å².